The summed E-state index contributed by atoms with van der Waals surface area (Å²) in [5.74, 6) is -0.779. The number of nitrogens with zero attached hydrogens (tertiary/aromatic N) is 3. The van der Waals surface area contributed by atoms with E-state index in [0.29, 0.717) is 16.1 Å². The van der Waals surface area contributed by atoms with Crippen LogP contribution in [0.15, 0.2) is 72.2 Å². The third-order valence-electron chi connectivity index (χ3n) is 5.48. The van der Waals surface area contributed by atoms with E-state index in [0.717, 1.165) is 16.9 Å². The summed E-state index contributed by atoms with van der Waals surface area (Å²) in [7, 11) is 1.66. The Morgan fingerprint density at radius 1 is 1.09 bits per heavy atom. The van der Waals surface area contributed by atoms with Crippen molar-refractivity contribution in [2.45, 2.75) is 19.9 Å². The average Bonchev–Trinajstić information content (AvgIpc) is 3.49. The van der Waals surface area contributed by atoms with Crippen molar-refractivity contribution >= 4 is 28.8 Å². The van der Waals surface area contributed by atoms with Gasteiger partial charge in [0.2, 0.25) is 0 Å². The molecule has 1 N–H and O–H groups in total. The van der Waals surface area contributed by atoms with Crippen LogP contribution in [-0.2, 0) is 0 Å². The lowest BCUT2D eigenvalue weighted by Crippen LogP contribution is -2.31. The second kappa shape index (κ2) is 9.38. The first-order chi connectivity index (χ1) is 15.9. The van der Waals surface area contributed by atoms with Gasteiger partial charge in [0.25, 0.3) is 11.8 Å². The molecule has 0 saturated heterocycles. The molecule has 4 rings (SSSR count). The monoisotopic (exact) mass is 462 g/mol. The molecule has 2 amide bonds. The largest absolute Gasteiger partial charge is 0.345 e. The highest BCUT2D eigenvalue weighted by Gasteiger charge is 2.22. The molecule has 1 atom stereocenters. The molecule has 2 aromatic carbocycles. The Labute approximate surface area is 195 Å². The number of hydrogen-bond acceptors (Lipinski definition) is 4. The summed E-state index contributed by atoms with van der Waals surface area (Å²) in [6.07, 6.45) is 1.70. The molecule has 1 unspecified atom stereocenters. The van der Waals surface area contributed by atoms with Gasteiger partial charge in [-0.05, 0) is 61.7 Å². The molecule has 4 aromatic rings. The molecule has 33 heavy (non-hydrogen) atoms. The van der Waals surface area contributed by atoms with Crippen LogP contribution in [0.4, 0.5) is 10.1 Å². The fraction of sp³-hybridized carbons (Fsp3) is 0.160. The number of anilines is 1. The van der Waals surface area contributed by atoms with E-state index in [-0.39, 0.29) is 23.7 Å². The van der Waals surface area contributed by atoms with Crippen LogP contribution < -0.4 is 10.2 Å². The van der Waals surface area contributed by atoms with Crippen molar-refractivity contribution < 1.29 is 14.0 Å². The lowest BCUT2D eigenvalue weighted by atomic mass is 10.1. The lowest BCUT2D eigenvalue weighted by Gasteiger charge is -2.21. The molecule has 0 spiro atoms. The number of halogens is 1. The zero-order chi connectivity index (χ0) is 23.5. The molecule has 168 valence electrons. The molecular formula is C25H23FN4O2S. The van der Waals surface area contributed by atoms with Gasteiger partial charge in [-0.2, -0.15) is 5.10 Å². The van der Waals surface area contributed by atoms with Crippen LogP contribution in [0, 0.1) is 12.7 Å². The van der Waals surface area contributed by atoms with Gasteiger partial charge < -0.3 is 10.2 Å². The molecule has 8 heteroatoms. The first-order valence-electron chi connectivity index (χ1n) is 10.4. The topological polar surface area (TPSA) is 67.2 Å². The highest BCUT2D eigenvalue weighted by molar-refractivity contribution is 7.12. The van der Waals surface area contributed by atoms with Crippen molar-refractivity contribution in [3.63, 3.8) is 0 Å². The first-order valence-corrected chi connectivity index (χ1v) is 11.3. The summed E-state index contributed by atoms with van der Waals surface area (Å²) in [6, 6.07) is 16.3. The zero-order valence-corrected chi connectivity index (χ0v) is 19.3. The Bertz CT molecular complexity index is 1280. The number of carbonyl (C=O) groups is 2. The SMILES string of the molecule is Cc1c(C(C)NC(=O)c2ccccc2N(C)C(=O)c2cccs2)cnn1-c1ccc(F)cc1. The van der Waals surface area contributed by atoms with Crippen LogP contribution >= 0.6 is 11.3 Å². The van der Waals surface area contributed by atoms with Crippen LogP contribution in [-0.4, -0.2) is 28.6 Å². The number of carbonyl (C=O) groups excluding carboxylic acids is 2. The van der Waals surface area contributed by atoms with Gasteiger partial charge in [0.15, 0.2) is 0 Å². The smallest absolute Gasteiger partial charge is 0.268 e. The first kappa shape index (κ1) is 22.4. The van der Waals surface area contributed by atoms with E-state index in [1.54, 1.807) is 60.4 Å². The summed E-state index contributed by atoms with van der Waals surface area (Å²) in [5, 5.41) is 9.26. The van der Waals surface area contributed by atoms with Crippen molar-refractivity contribution in [3.8, 4) is 5.69 Å². The number of rotatable bonds is 6. The molecule has 0 aliphatic carbocycles. The van der Waals surface area contributed by atoms with Crippen LogP contribution in [0.2, 0.25) is 0 Å². The normalized spacial score (nSPS) is 11.8. The van der Waals surface area contributed by atoms with E-state index in [9.17, 15) is 14.0 Å². The zero-order valence-electron chi connectivity index (χ0n) is 18.4. The minimum Gasteiger partial charge on any atom is -0.345 e. The molecule has 0 fully saturated rings. The quantitative estimate of drug-likeness (QED) is 0.431. The molecule has 0 radical (unpaired) electrons. The van der Waals surface area contributed by atoms with Crippen molar-refractivity contribution in [3.05, 3.63) is 99.8 Å². The number of benzene rings is 2. The maximum Gasteiger partial charge on any atom is 0.268 e. The summed E-state index contributed by atoms with van der Waals surface area (Å²) in [4.78, 5) is 28.1. The van der Waals surface area contributed by atoms with Gasteiger partial charge in [-0.25, -0.2) is 9.07 Å². The van der Waals surface area contributed by atoms with Gasteiger partial charge >= 0.3 is 0 Å². The lowest BCUT2D eigenvalue weighted by molar-refractivity contribution is 0.0940. The van der Waals surface area contributed by atoms with Crippen LogP contribution in [0.3, 0.4) is 0 Å². The maximum absolute atomic E-state index is 13.3. The van der Waals surface area contributed by atoms with Gasteiger partial charge in [-0.1, -0.05) is 18.2 Å². The second-order valence-electron chi connectivity index (χ2n) is 7.63. The van der Waals surface area contributed by atoms with Crippen LogP contribution in [0.1, 0.15) is 44.3 Å². The van der Waals surface area contributed by atoms with E-state index >= 15 is 0 Å². The third-order valence-corrected chi connectivity index (χ3v) is 6.34. The second-order valence-corrected chi connectivity index (χ2v) is 8.58. The third kappa shape index (κ3) is 4.56. The molecule has 2 aromatic heterocycles. The molecule has 0 bridgehead atoms. The molecular weight excluding hydrogens is 439 g/mol. The van der Waals surface area contributed by atoms with Gasteiger partial charge in [0.1, 0.15) is 5.82 Å². The number of nitrogens with one attached hydrogen (secondary N) is 1. The van der Waals surface area contributed by atoms with Gasteiger partial charge in [-0.15, -0.1) is 11.3 Å². The predicted molar refractivity (Wildman–Crippen MR) is 128 cm³/mol. The van der Waals surface area contributed by atoms with Crippen molar-refractivity contribution in [2.24, 2.45) is 0 Å². The van der Waals surface area contributed by atoms with E-state index < -0.39 is 0 Å². The highest BCUT2D eigenvalue weighted by Crippen LogP contribution is 2.25. The Morgan fingerprint density at radius 3 is 2.52 bits per heavy atom. The van der Waals surface area contributed by atoms with E-state index in [2.05, 4.69) is 10.4 Å². The highest BCUT2D eigenvalue weighted by atomic mass is 32.1. The molecule has 0 aliphatic rings. The van der Waals surface area contributed by atoms with E-state index in [1.807, 2.05) is 25.3 Å². The van der Waals surface area contributed by atoms with Gasteiger partial charge in [0.05, 0.1) is 34.1 Å². The van der Waals surface area contributed by atoms with Crippen molar-refractivity contribution in [1.82, 2.24) is 15.1 Å². The maximum atomic E-state index is 13.3. The van der Waals surface area contributed by atoms with Crippen LogP contribution in [0.5, 0.6) is 0 Å². The number of amides is 2. The fourth-order valence-electron chi connectivity index (χ4n) is 3.68. The molecule has 6 nitrogen and oxygen atoms in total. The Hall–Kier alpha value is -3.78. The molecule has 2 heterocycles. The Morgan fingerprint density at radius 2 is 1.82 bits per heavy atom. The number of para-hydroxylation sites is 1. The number of thiophene rings is 1. The van der Waals surface area contributed by atoms with Crippen molar-refractivity contribution in [1.29, 1.82) is 0 Å². The van der Waals surface area contributed by atoms with E-state index in [4.69, 9.17) is 0 Å². The Kier molecular flexibility index (Phi) is 6.37. The molecule has 0 saturated carbocycles. The summed E-state index contributed by atoms with van der Waals surface area (Å²) < 4.78 is 15.0. The Balaban J connectivity index is 1.55. The summed E-state index contributed by atoms with van der Waals surface area (Å²) in [6.45, 7) is 3.77. The number of hydrogen-bond donors (Lipinski definition) is 1. The summed E-state index contributed by atoms with van der Waals surface area (Å²) >= 11 is 1.36. The van der Waals surface area contributed by atoms with Crippen LogP contribution in [0.25, 0.3) is 5.69 Å². The fourth-order valence-corrected chi connectivity index (χ4v) is 4.37. The predicted octanol–water partition coefficient (Wildman–Crippen LogP) is 5.15. The minimum atomic E-state index is -0.335. The average molecular weight is 463 g/mol. The standard InChI is InChI=1S/C25H23FN4O2S/c1-16(21-15-27-30(17(21)2)19-12-10-18(26)11-13-19)28-24(31)20-7-4-5-8-22(20)29(3)25(32)23-9-6-14-33-23/h4-16H,1-3H3,(H,28,31). The van der Waals surface area contributed by atoms with E-state index in [1.165, 1.54) is 28.4 Å². The summed E-state index contributed by atoms with van der Waals surface area (Å²) in [5.41, 5.74) is 3.35. The minimum absolute atomic E-state index is 0.172. The number of aromatic nitrogens is 2. The molecule has 0 aliphatic heterocycles. The van der Waals surface area contributed by atoms with Crippen molar-refractivity contribution in [2.75, 3.05) is 11.9 Å². The van der Waals surface area contributed by atoms with Gasteiger partial charge in [0, 0.05) is 18.3 Å². The van der Waals surface area contributed by atoms with Gasteiger partial charge in [-0.3, -0.25) is 9.59 Å².